The van der Waals surface area contributed by atoms with Gasteiger partial charge in [-0.3, -0.25) is 4.90 Å². The highest BCUT2D eigenvalue weighted by molar-refractivity contribution is 9.10. The molecule has 0 bridgehead atoms. The van der Waals surface area contributed by atoms with E-state index in [9.17, 15) is 0 Å². The van der Waals surface area contributed by atoms with Gasteiger partial charge in [0, 0.05) is 23.6 Å². The lowest BCUT2D eigenvalue weighted by atomic mass is 9.99. The monoisotopic (exact) mass is 354 g/mol. The van der Waals surface area contributed by atoms with Gasteiger partial charge < -0.3 is 10.1 Å². The number of halogens is 1. The molecule has 0 amide bonds. The molecule has 0 radical (unpaired) electrons. The Morgan fingerprint density at radius 1 is 1.48 bits per heavy atom. The summed E-state index contributed by atoms with van der Waals surface area (Å²) in [5.41, 5.74) is 1.30. The van der Waals surface area contributed by atoms with Crippen molar-refractivity contribution in [2.75, 3.05) is 26.7 Å². The Hall–Kier alpha value is -0.580. The van der Waals surface area contributed by atoms with Crippen molar-refractivity contribution in [2.45, 2.75) is 39.3 Å². The average molecular weight is 355 g/mol. The van der Waals surface area contributed by atoms with E-state index >= 15 is 0 Å². The summed E-state index contributed by atoms with van der Waals surface area (Å²) < 4.78 is 6.52. The molecule has 3 nitrogen and oxygen atoms in total. The molecule has 2 unspecified atom stereocenters. The molecule has 118 valence electrons. The zero-order valence-corrected chi connectivity index (χ0v) is 14.9. The molecule has 0 aromatic heterocycles. The van der Waals surface area contributed by atoms with Gasteiger partial charge in [0.05, 0.1) is 7.11 Å². The molecule has 1 aliphatic heterocycles. The number of hydrogen-bond acceptors (Lipinski definition) is 3. The first-order chi connectivity index (χ1) is 10.1. The number of hydrogen-bond donors (Lipinski definition) is 1. The molecule has 1 saturated heterocycles. The summed E-state index contributed by atoms with van der Waals surface area (Å²) in [6, 6.07) is 6.82. The Morgan fingerprint density at radius 2 is 2.29 bits per heavy atom. The number of nitrogens with one attached hydrogen (secondary N) is 1. The van der Waals surface area contributed by atoms with Crippen LogP contribution in [0.1, 0.15) is 32.3 Å². The largest absolute Gasteiger partial charge is 0.497 e. The summed E-state index contributed by atoms with van der Waals surface area (Å²) in [5.74, 6) is 1.65. The van der Waals surface area contributed by atoms with Crippen molar-refractivity contribution >= 4 is 15.9 Å². The summed E-state index contributed by atoms with van der Waals surface area (Å²) in [6.07, 6.45) is 2.45. The lowest BCUT2D eigenvalue weighted by molar-refractivity contribution is 0.231. The fraction of sp³-hybridized carbons (Fsp3) is 0.647. The second-order valence-corrected chi connectivity index (χ2v) is 6.85. The molecule has 21 heavy (non-hydrogen) atoms. The second-order valence-electron chi connectivity index (χ2n) is 5.99. The number of methoxy groups -OCH3 is 1. The zero-order chi connectivity index (χ0) is 15.2. The molecule has 4 heteroatoms. The van der Waals surface area contributed by atoms with E-state index in [0.29, 0.717) is 6.04 Å². The fourth-order valence-electron chi connectivity index (χ4n) is 2.87. The van der Waals surface area contributed by atoms with E-state index in [2.05, 4.69) is 52.1 Å². The fourth-order valence-corrected chi connectivity index (χ4v) is 3.25. The van der Waals surface area contributed by atoms with Crippen LogP contribution in [0.5, 0.6) is 5.75 Å². The van der Waals surface area contributed by atoms with Crippen LogP contribution in [0.3, 0.4) is 0 Å². The highest BCUT2D eigenvalue weighted by atomic mass is 79.9. The molecule has 1 fully saturated rings. The molecule has 1 aromatic rings. The van der Waals surface area contributed by atoms with Gasteiger partial charge in [0.15, 0.2) is 0 Å². The normalized spacial score (nSPS) is 21.8. The smallest absolute Gasteiger partial charge is 0.119 e. The topological polar surface area (TPSA) is 24.5 Å². The van der Waals surface area contributed by atoms with Crippen molar-refractivity contribution in [1.82, 2.24) is 10.2 Å². The SMILES string of the molecule is CCC(C)C1CN(Cc2cc(OC)ccc2Br)CCCN1. The van der Waals surface area contributed by atoms with Crippen molar-refractivity contribution in [3.05, 3.63) is 28.2 Å². The highest BCUT2D eigenvalue weighted by Gasteiger charge is 2.22. The van der Waals surface area contributed by atoms with Gasteiger partial charge in [0.2, 0.25) is 0 Å². The first-order valence-corrected chi connectivity index (χ1v) is 8.71. The number of benzene rings is 1. The molecule has 0 aliphatic carbocycles. The Labute approximate surface area is 137 Å². The van der Waals surface area contributed by atoms with Crippen LogP contribution in [0.4, 0.5) is 0 Å². The predicted molar refractivity (Wildman–Crippen MR) is 91.8 cm³/mol. The third-order valence-electron chi connectivity index (χ3n) is 4.49. The molecule has 1 N–H and O–H groups in total. The van der Waals surface area contributed by atoms with Crippen LogP contribution in [0.2, 0.25) is 0 Å². The van der Waals surface area contributed by atoms with Gasteiger partial charge in [-0.1, -0.05) is 36.2 Å². The van der Waals surface area contributed by atoms with Crippen molar-refractivity contribution in [3.8, 4) is 5.75 Å². The molecule has 2 rings (SSSR count). The van der Waals surface area contributed by atoms with E-state index in [1.54, 1.807) is 7.11 Å². The summed E-state index contributed by atoms with van der Waals surface area (Å²) in [7, 11) is 1.72. The van der Waals surface area contributed by atoms with Crippen molar-refractivity contribution in [2.24, 2.45) is 5.92 Å². The van der Waals surface area contributed by atoms with Crippen LogP contribution in [0.15, 0.2) is 22.7 Å². The standard InChI is InChI=1S/C17H27BrN2O/c1-4-13(2)17-12-20(9-5-8-19-17)11-14-10-15(21-3)6-7-16(14)18/h6-7,10,13,17,19H,4-5,8-9,11-12H2,1-3H3. The molecule has 1 aromatic carbocycles. The van der Waals surface area contributed by atoms with Crippen LogP contribution < -0.4 is 10.1 Å². The molecule has 1 aliphatic rings. The molecule has 0 spiro atoms. The summed E-state index contributed by atoms with van der Waals surface area (Å²) in [5, 5.41) is 3.71. The predicted octanol–water partition coefficient (Wildman–Crippen LogP) is 3.67. The van der Waals surface area contributed by atoms with E-state index in [1.807, 2.05) is 6.07 Å². The van der Waals surface area contributed by atoms with E-state index in [-0.39, 0.29) is 0 Å². The van der Waals surface area contributed by atoms with Crippen molar-refractivity contribution < 1.29 is 4.74 Å². The third kappa shape index (κ3) is 4.70. The van der Waals surface area contributed by atoms with Crippen molar-refractivity contribution in [3.63, 3.8) is 0 Å². The summed E-state index contributed by atoms with van der Waals surface area (Å²) in [4.78, 5) is 2.57. The molecule has 0 saturated carbocycles. The lowest BCUT2D eigenvalue weighted by Crippen LogP contribution is -2.41. The summed E-state index contributed by atoms with van der Waals surface area (Å²) >= 11 is 3.67. The van der Waals surface area contributed by atoms with Gasteiger partial charge >= 0.3 is 0 Å². The first-order valence-electron chi connectivity index (χ1n) is 7.92. The minimum absolute atomic E-state index is 0.599. The Morgan fingerprint density at radius 3 is 3.00 bits per heavy atom. The lowest BCUT2D eigenvalue weighted by Gasteiger charge is -2.28. The Balaban J connectivity index is 2.06. The Kier molecular flexibility index (Phi) is 6.52. The Bertz CT molecular complexity index is 452. The maximum Gasteiger partial charge on any atom is 0.119 e. The summed E-state index contributed by atoms with van der Waals surface area (Å²) in [6.45, 7) is 9.02. The van der Waals surface area contributed by atoms with Gasteiger partial charge in [-0.05, 0) is 49.2 Å². The van der Waals surface area contributed by atoms with Gasteiger partial charge in [-0.25, -0.2) is 0 Å². The van der Waals surface area contributed by atoms with E-state index < -0.39 is 0 Å². The van der Waals surface area contributed by atoms with Crippen LogP contribution >= 0.6 is 15.9 Å². The molecule has 2 atom stereocenters. The van der Waals surface area contributed by atoms with Gasteiger partial charge in [0.1, 0.15) is 5.75 Å². The third-order valence-corrected chi connectivity index (χ3v) is 5.26. The van der Waals surface area contributed by atoms with Crippen molar-refractivity contribution in [1.29, 1.82) is 0 Å². The second kappa shape index (κ2) is 8.16. The van der Waals surface area contributed by atoms with Gasteiger partial charge in [-0.15, -0.1) is 0 Å². The van der Waals surface area contributed by atoms with Gasteiger partial charge in [0.25, 0.3) is 0 Å². The molecular weight excluding hydrogens is 328 g/mol. The number of rotatable bonds is 5. The highest BCUT2D eigenvalue weighted by Crippen LogP contribution is 2.24. The maximum atomic E-state index is 5.35. The van der Waals surface area contributed by atoms with Crippen LogP contribution in [-0.4, -0.2) is 37.7 Å². The maximum absolute atomic E-state index is 5.35. The molecular formula is C17H27BrN2O. The van der Waals surface area contributed by atoms with Gasteiger partial charge in [-0.2, -0.15) is 0 Å². The van der Waals surface area contributed by atoms with Crippen LogP contribution in [-0.2, 0) is 6.54 Å². The van der Waals surface area contributed by atoms with Crippen LogP contribution in [0, 0.1) is 5.92 Å². The number of ether oxygens (including phenoxy) is 1. The quantitative estimate of drug-likeness (QED) is 0.872. The van der Waals surface area contributed by atoms with E-state index in [0.717, 1.165) is 37.8 Å². The average Bonchev–Trinajstić information content (AvgIpc) is 2.74. The van der Waals surface area contributed by atoms with Crippen LogP contribution in [0.25, 0.3) is 0 Å². The minimum Gasteiger partial charge on any atom is -0.497 e. The zero-order valence-electron chi connectivity index (χ0n) is 13.4. The van der Waals surface area contributed by atoms with E-state index in [4.69, 9.17) is 4.74 Å². The number of nitrogens with zero attached hydrogens (tertiary/aromatic N) is 1. The molecule has 1 heterocycles. The van der Waals surface area contributed by atoms with E-state index in [1.165, 1.54) is 22.9 Å². The minimum atomic E-state index is 0.599. The first kappa shape index (κ1) is 16.8.